The molecule has 2 heteroatoms. The van der Waals surface area contributed by atoms with E-state index in [-0.39, 0.29) is 11.5 Å². The van der Waals surface area contributed by atoms with Crippen LogP contribution in [0, 0.1) is 34.5 Å². The molecule has 3 saturated carbocycles. The molecule has 0 amide bonds. The second kappa shape index (κ2) is 7.73. The van der Waals surface area contributed by atoms with Crippen molar-refractivity contribution >= 4 is 0 Å². The summed E-state index contributed by atoms with van der Waals surface area (Å²) in [5.41, 5.74) is 2.86. The molecule has 4 aliphatic carbocycles. The van der Waals surface area contributed by atoms with E-state index in [2.05, 4.69) is 57.2 Å². The van der Waals surface area contributed by atoms with Gasteiger partial charge >= 0.3 is 0 Å². The fourth-order valence-electron chi connectivity index (χ4n) is 8.88. The van der Waals surface area contributed by atoms with Crippen LogP contribution in [0.4, 0.5) is 0 Å². The summed E-state index contributed by atoms with van der Waals surface area (Å²) in [5.74, 6) is 2.67. The van der Waals surface area contributed by atoms with Gasteiger partial charge < -0.3 is 10.2 Å². The predicted molar refractivity (Wildman–Crippen MR) is 127 cm³/mol. The number of fused-ring (bicyclic) bond motifs is 5. The Hall–Kier alpha value is -1.12. The lowest BCUT2D eigenvalue weighted by molar-refractivity contribution is -0.104. The van der Waals surface area contributed by atoms with E-state index in [4.69, 9.17) is 0 Å². The van der Waals surface area contributed by atoms with Gasteiger partial charge in [0.2, 0.25) is 0 Å². The summed E-state index contributed by atoms with van der Waals surface area (Å²) >= 11 is 0. The smallest absolute Gasteiger partial charge is 0.0656 e. The summed E-state index contributed by atoms with van der Waals surface area (Å²) in [6, 6.07) is 10.7. The summed E-state index contributed by atoms with van der Waals surface area (Å²) in [4.78, 5) is 0. The number of aliphatic hydroxyl groups excluding tert-OH is 1. The molecule has 0 bridgehead atoms. The van der Waals surface area contributed by atoms with Crippen LogP contribution in [0.1, 0.15) is 84.1 Å². The number of hydrogen-bond acceptors (Lipinski definition) is 2. The van der Waals surface area contributed by atoms with Gasteiger partial charge in [0.25, 0.3) is 0 Å². The zero-order chi connectivity index (χ0) is 21.9. The third-order valence-corrected chi connectivity index (χ3v) is 10.6. The Bertz CT molecular complexity index is 826. The average molecular weight is 423 g/mol. The van der Waals surface area contributed by atoms with Crippen LogP contribution in [0.3, 0.4) is 0 Å². The van der Waals surface area contributed by atoms with Crippen LogP contribution in [-0.2, 0) is 6.42 Å². The van der Waals surface area contributed by atoms with Crippen LogP contribution in [0.15, 0.2) is 42.0 Å². The Labute approximate surface area is 189 Å². The van der Waals surface area contributed by atoms with Gasteiger partial charge in [-0.15, -0.1) is 0 Å². The van der Waals surface area contributed by atoms with E-state index in [1.807, 2.05) is 0 Å². The first-order chi connectivity index (χ1) is 14.7. The van der Waals surface area contributed by atoms with Crippen molar-refractivity contribution in [2.75, 3.05) is 0 Å². The van der Waals surface area contributed by atoms with Gasteiger partial charge in [-0.05, 0) is 111 Å². The van der Waals surface area contributed by atoms with Gasteiger partial charge in [-0.2, -0.15) is 0 Å². The highest BCUT2D eigenvalue weighted by molar-refractivity contribution is 5.26. The van der Waals surface area contributed by atoms with Crippen molar-refractivity contribution in [2.24, 2.45) is 34.5 Å². The molecule has 4 aliphatic rings. The average Bonchev–Trinajstić information content (AvgIpc) is 3.12. The highest BCUT2D eigenvalue weighted by Crippen LogP contribution is 2.67. The largest absolute Gasteiger partial charge is 0.393 e. The second-order valence-electron chi connectivity index (χ2n) is 12.2. The predicted octanol–water partition coefficient (Wildman–Crippen LogP) is 6.31. The van der Waals surface area contributed by atoms with E-state index >= 15 is 0 Å². The quantitative estimate of drug-likeness (QED) is 0.558. The molecule has 2 nitrogen and oxygen atoms in total. The van der Waals surface area contributed by atoms with Gasteiger partial charge in [0, 0.05) is 0 Å². The van der Waals surface area contributed by atoms with Crippen LogP contribution in [0.25, 0.3) is 0 Å². The minimum Gasteiger partial charge on any atom is -0.393 e. The number of hydrogen-bond donors (Lipinski definition) is 2. The molecule has 31 heavy (non-hydrogen) atoms. The van der Waals surface area contributed by atoms with Crippen molar-refractivity contribution in [3.63, 3.8) is 0 Å². The molecule has 0 saturated heterocycles. The fourth-order valence-corrected chi connectivity index (χ4v) is 8.88. The van der Waals surface area contributed by atoms with Crippen molar-refractivity contribution in [3.05, 3.63) is 47.5 Å². The molecule has 8 atom stereocenters. The van der Waals surface area contributed by atoms with Crippen LogP contribution >= 0.6 is 0 Å². The van der Waals surface area contributed by atoms with Crippen molar-refractivity contribution in [3.8, 4) is 0 Å². The monoisotopic (exact) mass is 422 g/mol. The van der Waals surface area contributed by atoms with E-state index in [1.165, 1.54) is 37.7 Å². The molecule has 0 unspecified atom stereocenters. The van der Waals surface area contributed by atoms with Crippen LogP contribution in [-0.4, -0.2) is 21.9 Å². The summed E-state index contributed by atoms with van der Waals surface area (Å²) in [6.07, 6.45) is 13.5. The lowest BCUT2D eigenvalue weighted by atomic mass is 9.46. The molecule has 0 aromatic heterocycles. The fraction of sp³-hybridized carbons (Fsp3) is 0.724. The van der Waals surface area contributed by atoms with Crippen LogP contribution < -0.4 is 0 Å². The zero-order valence-electron chi connectivity index (χ0n) is 19.8. The molecule has 1 aromatic rings. The van der Waals surface area contributed by atoms with E-state index in [1.54, 1.807) is 5.57 Å². The minimum absolute atomic E-state index is 0.125. The minimum atomic E-state index is -0.597. The van der Waals surface area contributed by atoms with Crippen molar-refractivity contribution < 1.29 is 10.2 Å². The van der Waals surface area contributed by atoms with Crippen molar-refractivity contribution in [1.29, 1.82) is 0 Å². The molecule has 5 rings (SSSR count). The highest BCUT2D eigenvalue weighted by Gasteiger charge is 2.61. The molecule has 0 spiro atoms. The molecule has 170 valence electrons. The van der Waals surface area contributed by atoms with E-state index < -0.39 is 5.60 Å². The zero-order valence-corrected chi connectivity index (χ0v) is 19.8. The molecule has 0 heterocycles. The van der Waals surface area contributed by atoms with Gasteiger partial charge in [0.05, 0.1) is 11.7 Å². The second-order valence-corrected chi connectivity index (χ2v) is 12.2. The molecule has 3 fully saturated rings. The Morgan fingerprint density at radius 1 is 1.00 bits per heavy atom. The van der Waals surface area contributed by atoms with Crippen LogP contribution in [0.5, 0.6) is 0 Å². The van der Waals surface area contributed by atoms with E-state index in [9.17, 15) is 10.2 Å². The molecule has 1 aromatic carbocycles. The SMILES string of the molecule is C[C@]12CC[C@H]3[C@@H](CC=C4C[C@@H](O)CC[C@@]43C)[C@@H]1CC[C@@H]2[C@@](C)(O)CCc1ccccc1. The van der Waals surface area contributed by atoms with Crippen molar-refractivity contribution in [1.82, 2.24) is 0 Å². The number of allylic oxidation sites excluding steroid dienone is 1. The van der Waals surface area contributed by atoms with Gasteiger partial charge in [0.15, 0.2) is 0 Å². The third-order valence-electron chi connectivity index (χ3n) is 10.6. The Morgan fingerprint density at radius 2 is 1.77 bits per heavy atom. The van der Waals surface area contributed by atoms with Gasteiger partial charge in [0.1, 0.15) is 0 Å². The lowest BCUT2D eigenvalue weighted by Crippen LogP contribution is -2.53. The first-order valence-corrected chi connectivity index (χ1v) is 12.9. The normalized spacial score (nSPS) is 43.9. The lowest BCUT2D eigenvalue weighted by Gasteiger charge is -2.59. The first-order valence-electron chi connectivity index (χ1n) is 12.9. The Kier molecular flexibility index (Phi) is 5.42. The van der Waals surface area contributed by atoms with Gasteiger partial charge in [-0.1, -0.05) is 55.8 Å². The van der Waals surface area contributed by atoms with E-state index in [0.29, 0.717) is 11.3 Å². The molecule has 0 radical (unpaired) electrons. The third kappa shape index (κ3) is 3.53. The summed E-state index contributed by atoms with van der Waals surface area (Å²) in [7, 11) is 0. The maximum Gasteiger partial charge on any atom is 0.0656 e. The Balaban J connectivity index is 1.35. The number of benzene rings is 1. The van der Waals surface area contributed by atoms with Crippen molar-refractivity contribution in [2.45, 2.75) is 96.7 Å². The summed E-state index contributed by atoms with van der Waals surface area (Å²) < 4.78 is 0. The highest BCUT2D eigenvalue weighted by atomic mass is 16.3. The number of aliphatic hydroxyl groups is 2. The summed E-state index contributed by atoms with van der Waals surface area (Å²) in [6.45, 7) is 7.16. The van der Waals surface area contributed by atoms with E-state index in [0.717, 1.165) is 49.9 Å². The van der Waals surface area contributed by atoms with Crippen LogP contribution in [0.2, 0.25) is 0 Å². The first kappa shape index (κ1) is 21.7. The molecular formula is C29H42O2. The van der Waals surface area contributed by atoms with Gasteiger partial charge in [-0.3, -0.25) is 0 Å². The Morgan fingerprint density at radius 3 is 2.55 bits per heavy atom. The maximum atomic E-state index is 11.7. The standard InChI is InChI=1S/C29H42O2/c1-27-16-14-22(30)19-21(27)9-10-23-24-11-12-26(28(24,2)17-15-25(23)27)29(3,31)18-13-20-7-5-4-6-8-20/h4-9,22-26,30-31H,10-19H2,1-3H3/t22-,23-,24-,25-,26-,27-,28-,29-/m0/s1. The molecular weight excluding hydrogens is 380 g/mol. The topological polar surface area (TPSA) is 40.5 Å². The molecule has 2 N–H and O–H groups in total. The van der Waals surface area contributed by atoms with Gasteiger partial charge in [-0.25, -0.2) is 0 Å². The maximum absolute atomic E-state index is 11.7. The molecule has 0 aliphatic heterocycles. The number of rotatable bonds is 4. The summed E-state index contributed by atoms with van der Waals surface area (Å²) in [5, 5.41) is 21.9. The number of aryl methyl sites for hydroxylation is 1.